The van der Waals surface area contributed by atoms with E-state index in [0.29, 0.717) is 17.8 Å². The fraction of sp³-hybridized carbons (Fsp3) is 0.174. The van der Waals surface area contributed by atoms with Gasteiger partial charge in [-0.2, -0.15) is 0 Å². The van der Waals surface area contributed by atoms with Crippen molar-refractivity contribution < 1.29 is 14.3 Å². The summed E-state index contributed by atoms with van der Waals surface area (Å²) in [5.41, 5.74) is 4.14. The predicted molar refractivity (Wildman–Crippen MR) is 113 cm³/mol. The molecule has 0 fully saturated rings. The lowest BCUT2D eigenvalue weighted by Gasteiger charge is -2.11. The number of benzene rings is 2. The zero-order valence-corrected chi connectivity index (χ0v) is 16.4. The fourth-order valence-corrected chi connectivity index (χ4v) is 2.82. The molecule has 1 aromatic heterocycles. The van der Waals surface area contributed by atoms with Gasteiger partial charge in [-0.3, -0.25) is 4.79 Å². The summed E-state index contributed by atoms with van der Waals surface area (Å²) in [4.78, 5) is 28.8. The number of pyridine rings is 1. The predicted octanol–water partition coefficient (Wildman–Crippen LogP) is 4.43. The number of amides is 1. The van der Waals surface area contributed by atoms with E-state index in [-0.39, 0.29) is 12.3 Å². The van der Waals surface area contributed by atoms with Crippen molar-refractivity contribution in [2.24, 2.45) is 0 Å². The van der Waals surface area contributed by atoms with Crippen molar-refractivity contribution in [2.45, 2.75) is 20.4 Å². The van der Waals surface area contributed by atoms with Crippen LogP contribution in [-0.4, -0.2) is 23.5 Å². The number of carbonyl (C=O) groups excluding carboxylic acids is 2. The van der Waals surface area contributed by atoms with Gasteiger partial charge < -0.3 is 15.4 Å². The molecule has 2 aromatic carbocycles. The Bertz CT molecular complexity index is 1000. The van der Waals surface area contributed by atoms with Gasteiger partial charge in [0.15, 0.2) is 0 Å². The van der Waals surface area contributed by atoms with Gasteiger partial charge in [-0.15, -0.1) is 0 Å². The van der Waals surface area contributed by atoms with Gasteiger partial charge in [0.25, 0.3) is 5.91 Å². The minimum absolute atomic E-state index is 0.254. The Morgan fingerprint density at radius 2 is 1.86 bits per heavy atom. The number of para-hydroxylation sites is 1. The maximum atomic E-state index is 12.5. The maximum Gasteiger partial charge on any atom is 0.340 e. The molecule has 0 saturated carbocycles. The number of anilines is 2. The van der Waals surface area contributed by atoms with E-state index in [2.05, 4.69) is 40.7 Å². The van der Waals surface area contributed by atoms with Crippen molar-refractivity contribution in [3.8, 4) is 0 Å². The minimum Gasteiger partial charge on any atom is -0.462 e. The minimum atomic E-state index is -0.480. The summed E-state index contributed by atoms with van der Waals surface area (Å²) < 4.78 is 5.03. The lowest BCUT2D eigenvalue weighted by Crippen LogP contribution is -2.17. The van der Waals surface area contributed by atoms with Crippen LogP contribution in [0.4, 0.5) is 11.4 Å². The average Bonchev–Trinajstić information content (AvgIpc) is 2.73. The third-order valence-corrected chi connectivity index (χ3v) is 4.25. The molecule has 29 heavy (non-hydrogen) atoms. The van der Waals surface area contributed by atoms with Gasteiger partial charge >= 0.3 is 5.97 Å². The largest absolute Gasteiger partial charge is 0.462 e. The van der Waals surface area contributed by atoms with Gasteiger partial charge in [0, 0.05) is 6.54 Å². The number of aryl methyl sites for hydroxylation is 1. The van der Waals surface area contributed by atoms with E-state index in [1.54, 1.807) is 49.5 Å². The smallest absolute Gasteiger partial charge is 0.340 e. The molecule has 0 saturated heterocycles. The zero-order valence-electron chi connectivity index (χ0n) is 16.4. The first-order valence-corrected chi connectivity index (χ1v) is 9.40. The Morgan fingerprint density at radius 1 is 1.03 bits per heavy atom. The van der Waals surface area contributed by atoms with E-state index < -0.39 is 11.9 Å². The molecule has 0 bridgehead atoms. The Hall–Kier alpha value is -3.67. The highest BCUT2D eigenvalue weighted by Crippen LogP contribution is 2.18. The summed E-state index contributed by atoms with van der Waals surface area (Å²) in [7, 11) is 0. The molecule has 1 heterocycles. The third kappa shape index (κ3) is 5.42. The standard InChI is InChI=1S/C23H23N3O3/c1-3-29-23(28)19-9-4-5-10-20(19)26-22(27)21-12-11-18(15-25-21)24-14-17-8-6-7-16(2)13-17/h4-13,15,24H,3,14H2,1-2H3,(H,26,27). The van der Waals surface area contributed by atoms with E-state index in [4.69, 9.17) is 4.74 Å². The van der Waals surface area contributed by atoms with Crippen molar-refractivity contribution in [1.29, 1.82) is 0 Å². The number of ether oxygens (including phenoxy) is 1. The van der Waals surface area contributed by atoms with Crippen LogP contribution in [0.15, 0.2) is 66.9 Å². The van der Waals surface area contributed by atoms with Gasteiger partial charge in [0.2, 0.25) is 0 Å². The van der Waals surface area contributed by atoms with Crippen LogP contribution in [0.5, 0.6) is 0 Å². The molecule has 0 spiro atoms. The first-order valence-electron chi connectivity index (χ1n) is 9.40. The highest BCUT2D eigenvalue weighted by Gasteiger charge is 2.15. The summed E-state index contributed by atoms with van der Waals surface area (Å²) in [6.07, 6.45) is 1.61. The average molecular weight is 389 g/mol. The number of carbonyl (C=O) groups is 2. The first kappa shape index (κ1) is 20.1. The summed E-state index contributed by atoms with van der Waals surface area (Å²) in [6.45, 7) is 4.72. The molecule has 6 heteroatoms. The normalized spacial score (nSPS) is 10.3. The molecule has 0 atom stereocenters. The quantitative estimate of drug-likeness (QED) is 0.584. The monoisotopic (exact) mass is 389 g/mol. The molecule has 6 nitrogen and oxygen atoms in total. The molecule has 1 amide bonds. The van der Waals surface area contributed by atoms with Crippen LogP contribution < -0.4 is 10.6 Å². The Kier molecular flexibility index (Phi) is 6.58. The molecule has 2 N–H and O–H groups in total. The second-order valence-corrected chi connectivity index (χ2v) is 6.49. The van der Waals surface area contributed by atoms with E-state index >= 15 is 0 Å². The van der Waals surface area contributed by atoms with Crippen molar-refractivity contribution in [1.82, 2.24) is 4.98 Å². The van der Waals surface area contributed by atoms with Crippen LogP contribution >= 0.6 is 0 Å². The van der Waals surface area contributed by atoms with Crippen LogP contribution in [0.2, 0.25) is 0 Å². The van der Waals surface area contributed by atoms with E-state index in [1.165, 1.54) is 11.1 Å². The van der Waals surface area contributed by atoms with Gasteiger partial charge in [0.1, 0.15) is 5.69 Å². The molecule has 3 aromatic rings. The van der Waals surface area contributed by atoms with Crippen LogP contribution in [0.25, 0.3) is 0 Å². The van der Waals surface area contributed by atoms with E-state index in [1.807, 2.05) is 6.07 Å². The Labute approximate surface area is 169 Å². The summed E-state index contributed by atoms with van der Waals surface area (Å²) in [6, 6.07) is 18.4. The number of hydrogen-bond donors (Lipinski definition) is 2. The summed E-state index contributed by atoms with van der Waals surface area (Å²) in [5, 5.41) is 6.01. The Morgan fingerprint density at radius 3 is 2.59 bits per heavy atom. The number of hydrogen-bond acceptors (Lipinski definition) is 5. The maximum absolute atomic E-state index is 12.5. The molecule has 3 rings (SSSR count). The highest BCUT2D eigenvalue weighted by atomic mass is 16.5. The fourth-order valence-electron chi connectivity index (χ4n) is 2.82. The molecular formula is C23H23N3O3. The molecule has 148 valence electrons. The molecule has 0 aliphatic carbocycles. The second kappa shape index (κ2) is 9.50. The number of rotatable bonds is 7. The summed E-state index contributed by atoms with van der Waals surface area (Å²) >= 11 is 0. The van der Waals surface area contributed by atoms with Gasteiger partial charge in [-0.05, 0) is 43.7 Å². The van der Waals surface area contributed by atoms with Crippen molar-refractivity contribution in [2.75, 3.05) is 17.2 Å². The number of aromatic nitrogens is 1. The SMILES string of the molecule is CCOC(=O)c1ccccc1NC(=O)c1ccc(NCc2cccc(C)c2)cn1. The lowest BCUT2D eigenvalue weighted by atomic mass is 10.1. The molecule has 0 radical (unpaired) electrons. The second-order valence-electron chi connectivity index (χ2n) is 6.49. The van der Waals surface area contributed by atoms with Gasteiger partial charge in [-0.25, -0.2) is 9.78 Å². The van der Waals surface area contributed by atoms with Crippen LogP contribution in [-0.2, 0) is 11.3 Å². The highest BCUT2D eigenvalue weighted by molar-refractivity contribution is 6.07. The topological polar surface area (TPSA) is 80.3 Å². The van der Waals surface area contributed by atoms with Crippen LogP contribution in [0.3, 0.4) is 0 Å². The van der Waals surface area contributed by atoms with E-state index in [9.17, 15) is 9.59 Å². The van der Waals surface area contributed by atoms with Crippen LogP contribution in [0, 0.1) is 6.92 Å². The van der Waals surface area contributed by atoms with Crippen molar-refractivity contribution in [3.63, 3.8) is 0 Å². The molecule has 0 unspecified atom stereocenters. The van der Waals surface area contributed by atoms with Gasteiger partial charge in [0.05, 0.1) is 29.7 Å². The van der Waals surface area contributed by atoms with Gasteiger partial charge in [-0.1, -0.05) is 42.0 Å². The molecule has 0 aliphatic heterocycles. The Balaban J connectivity index is 1.64. The zero-order chi connectivity index (χ0) is 20.6. The summed E-state index contributed by atoms with van der Waals surface area (Å²) in [5.74, 6) is -0.876. The molecule has 0 aliphatic rings. The van der Waals surface area contributed by atoms with Crippen molar-refractivity contribution in [3.05, 3.63) is 89.2 Å². The van der Waals surface area contributed by atoms with Crippen LogP contribution in [0.1, 0.15) is 38.9 Å². The number of esters is 1. The van der Waals surface area contributed by atoms with E-state index in [0.717, 1.165) is 5.69 Å². The van der Waals surface area contributed by atoms with Crippen molar-refractivity contribution >= 4 is 23.3 Å². The lowest BCUT2D eigenvalue weighted by molar-refractivity contribution is 0.0527. The first-order chi connectivity index (χ1) is 14.1. The molecular weight excluding hydrogens is 366 g/mol. The number of nitrogens with zero attached hydrogens (tertiary/aromatic N) is 1. The third-order valence-electron chi connectivity index (χ3n) is 4.25. The number of nitrogens with one attached hydrogen (secondary N) is 2.